The van der Waals surface area contributed by atoms with Crippen LogP contribution in [0, 0.1) is 0 Å². The van der Waals surface area contributed by atoms with Gasteiger partial charge in [-0.15, -0.1) is 0 Å². The van der Waals surface area contributed by atoms with Crippen LogP contribution in [0.15, 0.2) is 98.3 Å². The molecular formula is C30H25N7O6S. The number of rotatable bonds is 6. The lowest BCUT2D eigenvalue weighted by atomic mass is 10.0. The fourth-order valence-corrected chi connectivity index (χ4v) is 6.07. The molecule has 0 aliphatic heterocycles. The van der Waals surface area contributed by atoms with Crippen molar-refractivity contribution in [1.82, 2.24) is 23.7 Å². The van der Waals surface area contributed by atoms with Gasteiger partial charge in [-0.25, -0.2) is 27.7 Å². The van der Waals surface area contributed by atoms with Crippen molar-refractivity contribution in [2.75, 3.05) is 17.6 Å². The van der Waals surface area contributed by atoms with Crippen LogP contribution in [-0.4, -0.2) is 39.2 Å². The summed E-state index contributed by atoms with van der Waals surface area (Å²) in [4.78, 5) is 47.0. The first kappa shape index (κ1) is 28.4. The van der Waals surface area contributed by atoms with E-state index in [1.165, 1.54) is 60.8 Å². The highest BCUT2D eigenvalue weighted by Crippen LogP contribution is 2.31. The predicted octanol–water partition coefficient (Wildman–Crippen LogP) is 2.39. The number of fused-ring (bicyclic) bond motifs is 2. The van der Waals surface area contributed by atoms with E-state index in [1.807, 2.05) is 6.07 Å². The Morgan fingerprint density at radius 3 is 2.32 bits per heavy atom. The van der Waals surface area contributed by atoms with Crippen LogP contribution >= 0.6 is 0 Å². The van der Waals surface area contributed by atoms with Gasteiger partial charge in [-0.3, -0.25) is 23.4 Å². The average molecular weight is 612 g/mol. The smallest absolute Gasteiger partial charge is 0.330 e. The first-order chi connectivity index (χ1) is 21.0. The maximum Gasteiger partial charge on any atom is 0.330 e. The van der Waals surface area contributed by atoms with Crippen molar-refractivity contribution in [3.63, 3.8) is 0 Å². The molecule has 3 aromatic carbocycles. The van der Waals surface area contributed by atoms with E-state index in [0.29, 0.717) is 27.7 Å². The van der Waals surface area contributed by atoms with Gasteiger partial charge in [0.25, 0.3) is 21.1 Å². The van der Waals surface area contributed by atoms with Gasteiger partial charge in [0, 0.05) is 25.9 Å². The summed E-state index contributed by atoms with van der Waals surface area (Å²) < 4.78 is 38.3. The van der Waals surface area contributed by atoms with Gasteiger partial charge in [0.1, 0.15) is 5.69 Å². The predicted molar refractivity (Wildman–Crippen MR) is 167 cm³/mol. The van der Waals surface area contributed by atoms with Gasteiger partial charge in [-0.05, 0) is 54.1 Å². The number of hydrogen-bond donors (Lipinski definition) is 2. The fraction of sp³-hybridized carbons (Fsp3) is 0.100. The van der Waals surface area contributed by atoms with E-state index < -0.39 is 21.3 Å². The minimum atomic E-state index is -4.25. The molecule has 0 radical (unpaired) electrons. The maximum absolute atomic E-state index is 13.5. The number of anilines is 2. The summed E-state index contributed by atoms with van der Waals surface area (Å²) in [6.45, 7) is 0. The summed E-state index contributed by atoms with van der Waals surface area (Å²) in [5.74, 6) is 0.0381. The summed E-state index contributed by atoms with van der Waals surface area (Å²) in [5, 5.41) is 0.355. The van der Waals surface area contributed by atoms with Gasteiger partial charge in [0.05, 0.1) is 39.5 Å². The second-order valence-electron chi connectivity index (χ2n) is 9.95. The zero-order valence-corrected chi connectivity index (χ0v) is 24.5. The quantitative estimate of drug-likeness (QED) is 0.287. The van der Waals surface area contributed by atoms with E-state index in [2.05, 4.69) is 14.7 Å². The zero-order chi connectivity index (χ0) is 31.3. The van der Waals surface area contributed by atoms with Crippen LogP contribution < -0.4 is 32.0 Å². The summed E-state index contributed by atoms with van der Waals surface area (Å²) in [6.07, 6.45) is 1.48. The molecule has 3 heterocycles. The van der Waals surface area contributed by atoms with Crippen LogP contribution in [-0.2, 0) is 24.1 Å². The molecule has 0 atom stereocenters. The second kappa shape index (κ2) is 10.5. The molecule has 13 nitrogen and oxygen atoms in total. The zero-order valence-electron chi connectivity index (χ0n) is 23.7. The van der Waals surface area contributed by atoms with Crippen molar-refractivity contribution in [3.05, 3.63) is 110 Å². The minimum Gasteiger partial charge on any atom is -0.480 e. The van der Waals surface area contributed by atoms with Gasteiger partial charge in [-0.2, -0.15) is 0 Å². The van der Waals surface area contributed by atoms with E-state index >= 15 is 0 Å². The molecule has 6 rings (SSSR count). The molecule has 0 aliphatic rings. The molecule has 0 bridgehead atoms. The Labute approximate surface area is 249 Å². The third kappa shape index (κ3) is 4.66. The molecule has 222 valence electrons. The number of para-hydroxylation sites is 1. The van der Waals surface area contributed by atoms with Gasteiger partial charge in [0.15, 0.2) is 0 Å². The standard InChI is InChI=1S/C30H25N7O6S/c1-35-25-12-10-20(15-22(25)27(38)36(2)30(35)40)44(41,42)34-24-14-18(16-32-26(24)43-3)17-9-11-23-21(13-17)28(39)37(29(31)33-23)19-7-5-4-6-8-19/h4-16,34H,1-3H3,(H2,31,33). The number of hydrogen-bond acceptors (Lipinski definition) is 9. The second-order valence-corrected chi connectivity index (χ2v) is 11.6. The number of nitrogen functional groups attached to an aromatic ring is 1. The number of methoxy groups -OCH3 is 1. The molecule has 0 aliphatic carbocycles. The number of ether oxygens (including phenoxy) is 1. The molecule has 6 aromatic rings. The summed E-state index contributed by atoms with van der Waals surface area (Å²) >= 11 is 0. The lowest BCUT2D eigenvalue weighted by Gasteiger charge is -2.14. The van der Waals surface area contributed by atoms with E-state index in [9.17, 15) is 22.8 Å². The van der Waals surface area contributed by atoms with Gasteiger partial charge >= 0.3 is 5.69 Å². The number of aromatic nitrogens is 5. The molecule has 0 saturated heterocycles. The largest absolute Gasteiger partial charge is 0.480 e. The molecule has 3 N–H and O–H groups in total. The van der Waals surface area contributed by atoms with Crippen LogP contribution in [0.25, 0.3) is 38.6 Å². The lowest BCUT2D eigenvalue weighted by Crippen LogP contribution is -2.37. The van der Waals surface area contributed by atoms with Crippen molar-refractivity contribution in [3.8, 4) is 22.7 Å². The highest BCUT2D eigenvalue weighted by atomic mass is 32.2. The van der Waals surface area contributed by atoms with Crippen LogP contribution in [0.4, 0.5) is 11.6 Å². The normalized spacial score (nSPS) is 11.6. The molecule has 3 aromatic heterocycles. The molecule has 44 heavy (non-hydrogen) atoms. The Morgan fingerprint density at radius 2 is 1.59 bits per heavy atom. The third-order valence-corrected chi connectivity index (χ3v) is 8.64. The van der Waals surface area contributed by atoms with Gasteiger partial charge in [-0.1, -0.05) is 24.3 Å². The molecule has 0 unspecified atom stereocenters. The van der Waals surface area contributed by atoms with Crippen LogP contribution in [0.5, 0.6) is 5.88 Å². The van der Waals surface area contributed by atoms with E-state index in [0.717, 1.165) is 4.57 Å². The van der Waals surface area contributed by atoms with Crippen molar-refractivity contribution >= 4 is 43.5 Å². The topological polar surface area (TPSA) is 173 Å². The molecular weight excluding hydrogens is 586 g/mol. The van der Waals surface area contributed by atoms with Gasteiger partial charge < -0.3 is 10.5 Å². The highest BCUT2D eigenvalue weighted by Gasteiger charge is 2.21. The highest BCUT2D eigenvalue weighted by molar-refractivity contribution is 7.92. The van der Waals surface area contributed by atoms with Crippen LogP contribution in [0.1, 0.15) is 0 Å². The van der Waals surface area contributed by atoms with Crippen molar-refractivity contribution in [1.29, 1.82) is 0 Å². The summed E-state index contributed by atoms with van der Waals surface area (Å²) in [6, 6.07) is 19.3. The Kier molecular flexibility index (Phi) is 6.77. The molecule has 0 amide bonds. The number of pyridine rings is 1. The van der Waals surface area contributed by atoms with E-state index in [4.69, 9.17) is 10.5 Å². The van der Waals surface area contributed by atoms with Crippen LogP contribution in [0.3, 0.4) is 0 Å². The monoisotopic (exact) mass is 611 g/mol. The number of nitrogens with zero attached hydrogens (tertiary/aromatic N) is 5. The number of benzene rings is 3. The number of nitrogens with one attached hydrogen (secondary N) is 1. The molecule has 0 fully saturated rings. The van der Waals surface area contributed by atoms with E-state index in [-0.39, 0.29) is 38.9 Å². The number of nitrogens with two attached hydrogens (primary N) is 1. The maximum atomic E-state index is 13.5. The van der Waals surface area contributed by atoms with Gasteiger partial charge in [0.2, 0.25) is 11.8 Å². The number of aryl methyl sites for hydroxylation is 1. The summed E-state index contributed by atoms with van der Waals surface area (Å²) in [5.41, 5.74) is 6.90. The van der Waals surface area contributed by atoms with Crippen molar-refractivity contribution < 1.29 is 13.2 Å². The van der Waals surface area contributed by atoms with Crippen LogP contribution in [0.2, 0.25) is 0 Å². The molecule has 14 heteroatoms. The Balaban J connectivity index is 1.43. The SMILES string of the molecule is COc1ncc(-c2ccc3nc(N)n(-c4ccccc4)c(=O)c3c2)cc1NS(=O)(=O)c1ccc2c(c1)c(=O)n(C)c(=O)n2C. The van der Waals surface area contributed by atoms with Crippen molar-refractivity contribution in [2.45, 2.75) is 4.90 Å². The minimum absolute atomic E-state index is 0.00177. The third-order valence-electron chi connectivity index (χ3n) is 7.28. The average Bonchev–Trinajstić information content (AvgIpc) is 3.02. The lowest BCUT2D eigenvalue weighted by molar-refractivity contribution is 0.400. The molecule has 0 saturated carbocycles. The van der Waals surface area contributed by atoms with Crippen molar-refractivity contribution in [2.24, 2.45) is 14.1 Å². The van der Waals surface area contributed by atoms with E-state index in [1.54, 1.807) is 42.5 Å². The number of sulfonamides is 1. The first-order valence-corrected chi connectivity index (χ1v) is 14.6. The Bertz CT molecular complexity index is 2420. The molecule has 0 spiro atoms. The Hall–Kier alpha value is -5.76. The Morgan fingerprint density at radius 1 is 0.841 bits per heavy atom. The fourth-order valence-electron chi connectivity index (χ4n) is 5.00. The summed E-state index contributed by atoms with van der Waals surface area (Å²) in [7, 11) is -0.0955. The first-order valence-electron chi connectivity index (χ1n) is 13.1.